The minimum absolute atomic E-state index is 0.169. The van der Waals surface area contributed by atoms with Crippen LogP contribution in [0.1, 0.15) is 21.6 Å². The number of aliphatic hydroxyl groups is 1. The average molecular weight is 452 g/mol. The quantitative estimate of drug-likeness (QED) is 0.512. The average Bonchev–Trinajstić information content (AvgIpc) is 3.42. The molecule has 3 aromatic rings. The van der Waals surface area contributed by atoms with Gasteiger partial charge in [0.1, 0.15) is 11.6 Å². The molecule has 2 aliphatic rings. The molecule has 1 fully saturated rings. The van der Waals surface area contributed by atoms with Crippen LogP contribution in [-0.4, -0.2) is 75.4 Å². The molecule has 0 saturated carbocycles. The molecule has 1 saturated heterocycles. The first kappa shape index (κ1) is 21.3. The van der Waals surface area contributed by atoms with Crippen molar-refractivity contribution >= 4 is 23.5 Å². The lowest BCUT2D eigenvalue weighted by molar-refractivity contribution is 0.102. The van der Waals surface area contributed by atoms with E-state index in [1.54, 1.807) is 6.20 Å². The normalized spacial score (nSPS) is 16.2. The third-order valence-electron chi connectivity index (χ3n) is 6.01. The van der Waals surface area contributed by atoms with Crippen molar-refractivity contribution in [2.75, 3.05) is 54.4 Å². The van der Waals surface area contributed by atoms with E-state index >= 15 is 0 Å². The first-order valence-corrected chi connectivity index (χ1v) is 10.9. The molecular weight excluding hydrogens is 427 g/mol. The molecule has 0 atom stereocenters. The van der Waals surface area contributed by atoms with Crippen LogP contribution in [0, 0.1) is 5.82 Å². The number of aliphatic hydroxyl groups excluding tert-OH is 1. The predicted molar refractivity (Wildman–Crippen MR) is 121 cm³/mol. The van der Waals surface area contributed by atoms with Gasteiger partial charge in [-0.2, -0.15) is 10.1 Å². The van der Waals surface area contributed by atoms with E-state index in [4.69, 9.17) is 10.1 Å². The SMILES string of the molecule is O=C(Nc1n[nH]c2c1CN(c1ccnc(N3CCN(CCO)CC3)n1)C2)c1ccc(F)cc1. The van der Waals surface area contributed by atoms with Gasteiger partial charge in [0.2, 0.25) is 5.95 Å². The molecule has 0 aliphatic carbocycles. The summed E-state index contributed by atoms with van der Waals surface area (Å²) in [5, 5.41) is 19.2. The largest absolute Gasteiger partial charge is 0.395 e. The number of fused-ring (bicyclic) bond motifs is 1. The molecule has 1 amide bonds. The third-order valence-corrected chi connectivity index (χ3v) is 6.01. The number of hydrogen-bond donors (Lipinski definition) is 3. The summed E-state index contributed by atoms with van der Waals surface area (Å²) >= 11 is 0. The van der Waals surface area contributed by atoms with Gasteiger partial charge in [-0.15, -0.1) is 0 Å². The van der Waals surface area contributed by atoms with Gasteiger partial charge < -0.3 is 20.2 Å². The van der Waals surface area contributed by atoms with Gasteiger partial charge in [-0.05, 0) is 30.3 Å². The Hall–Kier alpha value is -3.57. The van der Waals surface area contributed by atoms with Crippen LogP contribution in [0.3, 0.4) is 0 Å². The summed E-state index contributed by atoms with van der Waals surface area (Å²) in [5.41, 5.74) is 2.19. The Morgan fingerprint density at radius 1 is 1.09 bits per heavy atom. The number of anilines is 3. The van der Waals surface area contributed by atoms with Crippen molar-refractivity contribution < 1.29 is 14.3 Å². The maximum Gasteiger partial charge on any atom is 0.256 e. The first-order chi connectivity index (χ1) is 16.1. The molecule has 0 radical (unpaired) electrons. The standard InChI is InChI=1S/C22H25FN8O2/c23-16-3-1-15(2-4-16)21(33)26-20-17-13-31(14-18(17)27-28-20)19-5-6-24-22(25-19)30-9-7-29(8-10-30)11-12-32/h1-6,32H,7-14H2,(H2,26,27,28,33). The Bertz CT molecular complexity index is 1130. The van der Waals surface area contributed by atoms with Crippen LogP contribution < -0.4 is 15.1 Å². The summed E-state index contributed by atoms with van der Waals surface area (Å²) in [6, 6.07) is 7.27. The van der Waals surface area contributed by atoms with Gasteiger partial charge in [0.05, 0.1) is 25.4 Å². The monoisotopic (exact) mass is 452 g/mol. The van der Waals surface area contributed by atoms with Gasteiger partial charge in [0, 0.05) is 50.0 Å². The molecule has 2 aliphatic heterocycles. The van der Waals surface area contributed by atoms with Crippen molar-refractivity contribution in [3.05, 3.63) is 59.2 Å². The molecule has 0 bridgehead atoms. The highest BCUT2D eigenvalue weighted by Crippen LogP contribution is 2.31. The van der Waals surface area contributed by atoms with Crippen LogP contribution in [0.5, 0.6) is 0 Å². The number of halogens is 1. The molecule has 3 N–H and O–H groups in total. The summed E-state index contributed by atoms with van der Waals surface area (Å²) in [6.07, 6.45) is 1.76. The fourth-order valence-corrected chi connectivity index (χ4v) is 4.17. The Morgan fingerprint density at radius 2 is 1.88 bits per heavy atom. The molecule has 4 heterocycles. The maximum atomic E-state index is 13.1. The number of amides is 1. The maximum absolute atomic E-state index is 13.1. The number of H-pyrrole nitrogens is 1. The van der Waals surface area contributed by atoms with Crippen LogP contribution in [0.25, 0.3) is 0 Å². The molecule has 2 aromatic heterocycles. The minimum Gasteiger partial charge on any atom is -0.395 e. The fraction of sp³-hybridized carbons (Fsp3) is 0.364. The molecule has 0 unspecified atom stereocenters. The van der Waals surface area contributed by atoms with Crippen LogP contribution in [0.2, 0.25) is 0 Å². The lowest BCUT2D eigenvalue weighted by Gasteiger charge is -2.34. The second-order valence-corrected chi connectivity index (χ2v) is 8.11. The molecule has 10 nitrogen and oxygen atoms in total. The molecule has 11 heteroatoms. The van der Waals surface area contributed by atoms with E-state index in [2.05, 4.69) is 35.2 Å². The first-order valence-electron chi connectivity index (χ1n) is 10.9. The topological polar surface area (TPSA) is 114 Å². The van der Waals surface area contributed by atoms with Gasteiger partial charge in [-0.25, -0.2) is 9.37 Å². The molecule has 5 rings (SSSR count). The number of hydrogen-bond acceptors (Lipinski definition) is 8. The van der Waals surface area contributed by atoms with E-state index in [1.165, 1.54) is 24.3 Å². The van der Waals surface area contributed by atoms with Gasteiger partial charge >= 0.3 is 0 Å². The molecule has 1 aromatic carbocycles. The van der Waals surface area contributed by atoms with E-state index in [9.17, 15) is 9.18 Å². The summed E-state index contributed by atoms with van der Waals surface area (Å²) in [7, 11) is 0. The van der Waals surface area contributed by atoms with Crippen molar-refractivity contribution in [2.45, 2.75) is 13.1 Å². The number of carbonyl (C=O) groups is 1. The highest BCUT2D eigenvalue weighted by molar-refractivity contribution is 6.04. The van der Waals surface area contributed by atoms with Gasteiger partial charge in [0.15, 0.2) is 5.82 Å². The summed E-state index contributed by atoms with van der Waals surface area (Å²) in [4.78, 5) is 28.2. The lowest BCUT2D eigenvalue weighted by atomic mass is 10.2. The molecular formula is C22H25FN8O2. The lowest BCUT2D eigenvalue weighted by Crippen LogP contribution is -2.47. The number of piperazine rings is 1. The van der Waals surface area contributed by atoms with Crippen molar-refractivity contribution in [3.63, 3.8) is 0 Å². The highest BCUT2D eigenvalue weighted by atomic mass is 19.1. The van der Waals surface area contributed by atoms with Crippen molar-refractivity contribution in [2.24, 2.45) is 0 Å². The molecule has 33 heavy (non-hydrogen) atoms. The second kappa shape index (κ2) is 9.12. The van der Waals surface area contributed by atoms with Crippen molar-refractivity contribution in [3.8, 4) is 0 Å². The minimum atomic E-state index is -0.390. The van der Waals surface area contributed by atoms with Crippen LogP contribution in [0.15, 0.2) is 36.5 Å². The molecule has 172 valence electrons. The van der Waals surface area contributed by atoms with E-state index < -0.39 is 0 Å². The third kappa shape index (κ3) is 4.50. The van der Waals surface area contributed by atoms with E-state index in [0.29, 0.717) is 37.0 Å². The number of aromatic amines is 1. The van der Waals surface area contributed by atoms with E-state index in [1.807, 2.05) is 6.07 Å². The Balaban J connectivity index is 1.25. The van der Waals surface area contributed by atoms with E-state index in [0.717, 1.165) is 43.3 Å². The Morgan fingerprint density at radius 3 is 2.64 bits per heavy atom. The van der Waals surface area contributed by atoms with Crippen LogP contribution in [0.4, 0.5) is 22.0 Å². The van der Waals surface area contributed by atoms with Gasteiger partial charge in [-0.3, -0.25) is 14.8 Å². The smallest absolute Gasteiger partial charge is 0.256 e. The Kier molecular flexibility index (Phi) is 5.88. The summed E-state index contributed by atoms with van der Waals surface area (Å²) < 4.78 is 13.1. The highest BCUT2D eigenvalue weighted by Gasteiger charge is 2.28. The predicted octanol–water partition coefficient (Wildman–Crippen LogP) is 1.23. The zero-order valence-corrected chi connectivity index (χ0v) is 18.0. The number of nitrogens with zero attached hydrogens (tertiary/aromatic N) is 6. The number of β-amino-alcohol motifs (C(OH)–C–C–N with tert-alkyl or cyclic N) is 1. The number of aromatic nitrogens is 4. The summed E-state index contributed by atoms with van der Waals surface area (Å²) in [6.45, 7) is 5.35. The van der Waals surface area contributed by atoms with Gasteiger partial charge in [0.25, 0.3) is 5.91 Å². The number of carbonyl (C=O) groups excluding carboxylic acids is 1. The van der Waals surface area contributed by atoms with Crippen LogP contribution >= 0.6 is 0 Å². The van der Waals surface area contributed by atoms with Crippen molar-refractivity contribution in [1.82, 2.24) is 25.1 Å². The number of nitrogens with one attached hydrogen (secondary N) is 2. The zero-order valence-electron chi connectivity index (χ0n) is 18.0. The Labute approximate surface area is 190 Å². The fourth-order valence-electron chi connectivity index (χ4n) is 4.17. The number of benzene rings is 1. The summed E-state index contributed by atoms with van der Waals surface area (Å²) in [5.74, 6) is 1.23. The van der Waals surface area contributed by atoms with E-state index in [-0.39, 0.29) is 18.3 Å². The second-order valence-electron chi connectivity index (χ2n) is 8.11. The number of rotatable bonds is 6. The molecule has 0 spiro atoms. The van der Waals surface area contributed by atoms with Crippen LogP contribution in [-0.2, 0) is 13.1 Å². The van der Waals surface area contributed by atoms with Crippen molar-refractivity contribution in [1.29, 1.82) is 0 Å². The van der Waals surface area contributed by atoms with Gasteiger partial charge in [-0.1, -0.05) is 0 Å². The zero-order chi connectivity index (χ0) is 22.8.